The van der Waals surface area contributed by atoms with Crippen LogP contribution >= 0.6 is 11.6 Å². The van der Waals surface area contributed by atoms with Crippen molar-refractivity contribution in [2.45, 2.75) is 6.54 Å². The lowest BCUT2D eigenvalue weighted by molar-refractivity contribution is -0.512. The molecule has 4 rings (SSSR count). The van der Waals surface area contributed by atoms with E-state index in [0.717, 1.165) is 16.8 Å². The predicted octanol–water partition coefficient (Wildman–Crippen LogP) is 4.48. The second-order valence-electron chi connectivity index (χ2n) is 6.24. The lowest BCUT2D eigenvalue weighted by Gasteiger charge is -2.10. The SMILES string of the molecule is Cn1cc2c(c1)-c1ccc(Cl)cc1C(c1ccccc1F)=[N+](C)C2. The number of aryl methyl sites for hydroxylation is 1. The first kappa shape index (κ1) is 15.2. The van der Waals surface area contributed by atoms with Gasteiger partial charge in [0.25, 0.3) is 0 Å². The van der Waals surface area contributed by atoms with E-state index in [9.17, 15) is 4.39 Å². The van der Waals surface area contributed by atoms with E-state index in [1.807, 2.05) is 44.4 Å². The van der Waals surface area contributed by atoms with Crippen molar-refractivity contribution in [1.29, 1.82) is 0 Å². The van der Waals surface area contributed by atoms with Gasteiger partial charge in [-0.05, 0) is 29.8 Å². The average Bonchev–Trinajstić information content (AvgIpc) is 2.85. The van der Waals surface area contributed by atoms with Crippen LogP contribution in [0, 0.1) is 5.82 Å². The van der Waals surface area contributed by atoms with E-state index in [-0.39, 0.29) is 5.82 Å². The van der Waals surface area contributed by atoms with Crippen molar-refractivity contribution in [2.75, 3.05) is 7.05 Å². The summed E-state index contributed by atoms with van der Waals surface area (Å²) in [5.41, 5.74) is 5.89. The molecule has 120 valence electrons. The Kier molecular flexibility index (Phi) is 3.54. The van der Waals surface area contributed by atoms with Gasteiger partial charge in [0.15, 0.2) is 6.54 Å². The Bertz CT molecular complexity index is 985. The van der Waals surface area contributed by atoms with E-state index in [0.29, 0.717) is 17.1 Å². The van der Waals surface area contributed by atoms with Crippen molar-refractivity contribution in [1.82, 2.24) is 4.57 Å². The second kappa shape index (κ2) is 5.60. The van der Waals surface area contributed by atoms with Gasteiger partial charge in [-0.15, -0.1) is 0 Å². The minimum absolute atomic E-state index is 0.225. The average molecular weight is 340 g/mol. The number of hydrogen-bond acceptors (Lipinski definition) is 0. The van der Waals surface area contributed by atoms with E-state index >= 15 is 0 Å². The second-order valence-corrected chi connectivity index (χ2v) is 6.67. The van der Waals surface area contributed by atoms with Crippen LogP contribution < -0.4 is 0 Å². The summed E-state index contributed by atoms with van der Waals surface area (Å²) in [7, 11) is 4.01. The molecule has 4 heteroatoms. The molecule has 0 aliphatic carbocycles. The molecular formula is C20H17ClFN2+. The van der Waals surface area contributed by atoms with Crippen LogP contribution in [0.25, 0.3) is 11.1 Å². The van der Waals surface area contributed by atoms with E-state index in [1.165, 1.54) is 17.2 Å². The maximum absolute atomic E-state index is 14.5. The minimum Gasteiger partial charge on any atom is -0.356 e. The van der Waals surface area contributed by atoms with Gasteiger partial charge in [0.05, 0.1) is 11.1 Å². The fourth-order valence-corrected chi connectivity index (χ4v) is 3.67. The summed E-state index contributed by atoms with van der Waals surface area (Å²) in [6.45, 7) is 0.714. The van der Waals surface area contributed by atoms with Gasteiger partial charge in [-0.25, -0.2) is 8.97 Å². The zero-order valence-electron chi connectivity index (χ0n) is 13.6. The fraction of sp³-hybridized carbons (Fsp3) is 0.150. The third-order valence-electron chi connectivity index (χ3n) is 4.48. The Hall–Kier alpha value is -2.39. The zero-order valence-corrected chi connectivity index (χ0v) is 14.3. The molecule has 0 radical (unpaired) electrons. The Labute approximate surface area is 145 Å². The number of halogens is 2. The van der Waals surface area contributed by atoms with Crippen molar-refractivity contribution in [3.05, 3.63) is 82.4 Å². The number of fused-ring (bicyclic) bond motifs is 3. The summed E-state index contributed by atoms with van der Waals surface area (Å²) in [6.07, 6.45) is 4.23. The molecule has 0 unspecified atom stereocenters. The predicted molar refractivity (Wildman–Crippen MR) is 95.4 cm³/mol. The molecule has 2 aromatic carbocycles. The number of aromatic nitrogens is 1. The number of hydrogen-bond donors (Lipinski definition) is 0. The molecule has 3 aromatic rings. The van der Waals surface area contributed by atoms with Crippen molar-refractivity contribution in [3.63, 3.8) is 0 Å². The molecule has 0 fully saturated rings. The summed E-state index contributed by atoms with van der Waals surface area (Å²) in [4.78, 5) is 0. The first-order valence-electron chi connectivity index (χ1n) is 7.82. The molecule has 2 heterocycles. The molecule has 24 heavy (non-hydrogen) atoms. The summed E-state index contributed by atoms with van der Waals surface area (Å²) in [5, 5.41) is 0.648. The van der Waals surface area contributed by atoms with Crippen LogP contribution in [0.15, 0.2) is 54.9 Å². The number of benzene rings is 2. The van der Waals surface area contributed by atoms with Gasteiger partial charge in [-0.3, -0.25) is 0 Å². The van der Waals surface area contributed by atoms with E-state index < -0.39 is 0 Å². The van der Waals surface area contributed by atoms with Gasteiger partial charge in [0.2, 0.25) is 5.71 Å². The molecule has 0 saturated carbocycles. The Morgan fingerprint density at radius 2 is 1.79 bits per heavy atom. The van der Waals surface area contributed by atoms with Crippen molar-refractivity contribution >= 4 is 17.3 Å². The quantitative estimate of drug-likeness (QED) is 0.578. The van der Waals surface area contributed by atoms with Gasteiger partial charge in [-0.2, -0.15) is 0 Å². The Morgan fingerprint density at radius 3 is 2.58 bits per heavy atom. The molecule has 0 saturated heterocycles. The normalized spacial score (nSPS) is 13.5. The first-order chi connectivity index (χ1) is 11.5. The molecule has 0 atom stereocenters. The van der Waals surface area contributed by atoms with Crippen LogP contribution in [0.4, 0.5) is 4.39 Å². The van der Waals surface area contributed by atoms with Crippen molar-refractivity contribution in [3.8, 4) is 11.1 Å². The van der Waals surface area contributed by atoms with Crippen LogP contribution in [0.3, 0.4) is 0 Å². The third-order valence-corrected chi connectivity index (χ3v) is 4.72. The van der Waals surface area contributed by atoms with Gasteiger partial charge in [-0.1, -0.05) is 29.8 Å². The van der Waals surface area contributed by atoms with Crippen molar-refractivity contribution < 1.29 is 8.97 Å². The molecule has 1 aliphatic rings. The summed E-state index contributed by atoms with van der Waals surface area (Å²) >= 11 is 6.27. The Balaban J connectivity index is 2.07. The van der Waals surface area contributed by atoms with E-state index in [2.05, 4.69) is 21.5 Å². The molecule has 0 spiro atoms. The van der Waals surface area contributed by atoms with Crippen LogP contribution in [0.5, 0.6) is 0 Å². The van der Waals surface area contributed by atoms with Gasteiger partial charge >= 0.3 is 0 Å². The smallest absolute Gasteiger partial charge is 0.218 e. The molecule has 0 amide bonds. The first-order valence-corrected chi connectivity index (χ1v) is 8.20. The van der Waals surface area contributed by atoms with Crippen LogP contribution in [-0.4, -0.2) is 21.9 Å². The maximum atomic E-state index is 14.5. The monoisotopic (exact) mass is 339 g/mol. The van der Waals surface area contributed by atoms with E-state index in [1.54, 1.807) is 6.07 Å². The topological polar surface area (TPSA) is 7.94 Å². The van der Waals surface area contributed by atoms with Gasteiger partial charge < -0.3 is 4.57 Å². The summed E-state index contributed by atoms with van der Waals surface area (Å²) in [5.74, 6) is -0.225. The van der Waals surface area contributed by atoms with Crippen LogP contribution in [-0.2, 0) is 13.6 Å². The maximum Gasteiger partial charge on any atom is 0.218 e. The summed E-state index contributed by atoms with van der Waals surface area (Å²) < 4.78 is 18.7. The highest BCUT2D eigenvalue weighted by Crippen LogP contribution is 2.34. The van der Waals surface area contributed by atoms with Crippen LogP contribution in [0.2, 0.25) is 5.02 Å². The number of rotatable bonds is 1. The van der Waals surface area contributed by atoms with Crippen molar-refractivity contribution in [2.24, 2.45) is 7.05 Å². The van der Waals surface area contributed by atoms with E-state index in [4.69, 9.17) is 11.6 Å². The molecule has 1 aliphatic heterocycles. The zero-order chi connectivity index (χ0) is 16.8. The third kappa shape index (κ3) is 2.36. The molecular weight excluding hydrogens is 323 g/mol. The largest absolute Gasteiger partial charge is 0.356 e. The highest BCUT2D eigenvalue weighted by Gasteiger charge is 2.29. The molecule has 0 N–H and O–H groups in total. The van der Waals surface area contributed by atoms with Crippen LogP contribution in [0.1, 0.15) is 16.7 Å². The molecule has 0 bridgehead atoms. The minimum atomic E-state index is -0.225. The standard InChI is InChI=1S/C20H17ClFN2/c1-23-10-13-11-24(2)20(16-5-3-4-6-19(16)22)17-9-14(21)7-8-15(17)18(13)12-23/h3-10,12H,11H2,1-2H3/q+1. The summed E-state index contributed by atoms with van der Waals surface area (Å²) in [6, 6.07) is 12.7. The van der Waals surface area contributed by atoms with Gasteiger partial charge in [0.1, 0.15) is 12.9 Å². The Morgan fingerprint density at radius 1 is 1.00 bits per heavy atom. The highest BCUT2D eigenvalue weighted by molar-refractivity contribution is 6.31. The lowest BCUT2D eigenvalue weighted by atomic mass is 9.94. The number of nitrogens with zero attached hydrogens (tertiary/aromatic N) is 2. The lowest BCUT2D eigenvalue weighted by Crippen LogP contribution is -2.20. The molecule has 1 aromatic heterocycles. The highest BCUT2D eigenvalue weighted by atomic mass is 35.5. The fourth-order valence-electron chi connectivity index (χ4n) is 3.50. The van der Waals surface area contributed by atoms with Gasteiger partial charge in [0, 0.05) is 35.6 Å². The molecule has 2 nitrogen and oxygen atoms in total.